The highest BCUT2D eigenvalue weighted by Gasteiger charge is 2.33. The van der Waals surface area contributed by atoms with Crippen LogP contribution in [0.5, 0.6) is 0 Å². The molecule has 1 aromatic rings. The van der Waals surface area contributed by atoms with Crippen molar-refractivity contribution >= 4 is 18.4 Å². The molecule has 3 unspecified atom stereocenters. The van der Waals surface area contributed by atoms with Crippen molar-refractivity contribution in [3.05, 3.63) is 35.9 Å². The molecule has 0 bridgehead atoms. The van der Waals surface area contributed by atoms with Gasteiger partial charge in [0.15, 0.2) is 0 Å². The first-order valence-corrected chi connectivity index (χ1v) is 6.22. The van der Waals surface area contributed by atoms with Crippen LogP contribution < -0.4 is 5.32 Å². The third-order valence-corrected chi connectivity index (χ3v) is 3.60. The molecular formula is C14H20ClNO2. The summed E-state index contributed by atoms with van der Waals surface area (Å²) in [6.07, 6.45) is 2.78. The molecule has 0 heterocycles. The number of hydrogen-bond donors (Lipinski definition) is 2. The first-order chi connectivity index (χ1) is 8.18. The van der Waals surface area contributed by atoms with E-state index in [0.29, 0.717) is 0 Å². The first kappa shape index (κ1) is 15.0. The maximum Gasteiger partial charge on any atom is 0.308 e. The van der Waals surface area contributed by atoms with E-state index in [4.69, 9.17) is 5.11 Å². The summed E-state index contributed by atoms with van der Waals surface area (Å²) in [5.74, 6) is -0.888. The highest BCUT2D eigenvalue weighted by molar-refractivity contribution is 5.85. The number of carbonyl (C=O) groups is 1. The van der Waals surface area contributed by atoms with E-state index < -0.39 is 5.97 Å². The molecule has 0 amide bonds. The van der Waals surface area contributed by atoms with Gasteiger partial charge < -0.3 is 10.4 Å². The van der Waals surface area contributed by atoms with Gasteiger partial charge >= 0.3 is 5.97 Å². The molecule has 1 aliphatic rings. The zero-order valence-corrected chi connectivity index (χ0v) is 11.3. The Bertz CT molecular complexity index is 383. The second-order valence-corrected chi connectivity index (χ2v) is 4.78. The normalized spacial score (nSPS) is 24.3. The number of aliphatic carboxylic acids is 1. The predicted molar refractivity (Wildman–Crippen MR) is 74.0 cm³/mol. The molecule has 1 fully saturated rings. The molecule has 1 aliphatic carbocycles. The highest BCUT2D eigenvalue weighted by Crippen LogP contribution is 2.28. The van der Waals surface area contributed by atoms with Crippen molar-refractivity contribution in [2.45, 2.75) is 38.3 Å². The summed E-state index contributed by atoms with van der Waals surface area (Å²) in [4.78, 5) is 11.1. The van der Waals surface area contributed by atoms with Gasteiger partial charge in [0.25, 0.3) is 0 Å². The van der Waals surface area contributed by atoms with Crippen molar-refractivity contribution < 1.29 is 9.90 Å². The molecule has 100 valence electrons. The molecule has 18 heavy (non-hydrogen) atoms. The van der Waals surface area contributed by atoms with Crippen LogP contribution in [0.4, 0.5) is 0 Å². The molecule has 2 rings (SSSR count). The molecule has 0 aliphatic heterocycles. The number of halogens is 1. The summed E-state index contributed by atoms with van der Waals surface area (Å²) in [5.41, 5.74) is 1.21. The average molecular weight is 270 g/mol. The van der Waals surface area contributed by atoms with Crippen molar-refractivity contribution in [1.82, 2.24) is 5.32 Å². The molecule has 0 spiro atoms. The Balaban J connectivity index is 0.00000162. The summed E-state index contributed by atoms with van der Waals surface area (Å²) in [6.45, 7) is 2.09. The van der Waals surface area contributed by atoms with Gasteiger partial charge in [0.1, 0.15) is 0 Å². The van der Waals surface area contributed by atoms with Gasteiger partial charge in [-0.3, -0.25) is 4.79 Å². The fraction of sp³-hybridized carbons (Fsp3) is 0.500. The zero-order valence-electron chi connectivity index (χ0n) is 10.5. The number of carboxylic acid groups (broad SMARTS) is 1. The molecule has 4 heteroatoms. The minimum Gasteiger partial charge on any atom is -0.481 e. The van der Waals surface area contributed by atoms with Crippen LogP contribution in [0.15, 0.2) is 30.3 Å². The smallest absolute Gasteiger partial charge is 0.308 e. The van der Waals surface area contributed by atoms with Gasteiger partial charge in [-0.2, -0.15) is 0 Å². The molecule has 3 nitrogen and oxygen atoms in total. The van der Waals surface area contributed by atoms with Gasteiger partial charge in [0.05, 0.1) is 5.92 Å². The first-order valence-electron chi connectivity index (χ1n) is 6.22. The number of rotatable bonds is 4. The number of carboxylic acids is 1. The van der Waals surface area contributed by atoms with Gasteiger partial charge in [-0.15, -0.1) is 12.4 Å². The topological polar surface area (TPSA) is 49.3 Å². The van der Waals surface area contributed by atoms with Gasteiger partial charge in [-0.05, 0) is 25.3 Å². The zero-order chi connectivity index (χ0) is 12.3. The van der Waals surface area contributed by atoms with Gasteiger partial charge in [-0.25, -0.2) is 0 Å². The van der Waals surface area contributed by atoms with E-state index >= 15 is 0 Å². The minimum absolute atomic E-state index is 0. The molecule has 0 radical (unpaired) electrons. The SMILES string of the molecule is CC(NC1CCCC1C(=O)O)c1ccccc1.Cl. The van der Waals surface area contributed by atoms with Crippen molar-refractivity contribution in [2.75, 3.05) is 0 Å². The Morgan fingerprint density at radius 3 is 2.61 bits per heavy atom. The minimum atomic E-state index is -0.666. The third kappa shape index (κ3) is 3.47. The Morgan fingerprint density at radius 1 is 1.33 bits per heavy atom. The van der Waals surface area contributed by atoms with E-state index in [-0.39, 0.29) is 30.4 Å². The van der Waals surface area contributed by atoms with Crippen LogP contribution in [0.1, 0.15) is 37.8 Å². The molecule has 1 aromatic carbocycles. The Kier molecular flexibility index (Phi) is 5.63. The van der Waals surface area contributed by atoms with E-state index in [1.165, 1.54) is 5.56 Å². The second kappa shape index (κ2) is 6.76. The number of benzene rings is 1. The maximum absolute atomic E-state index is 11.1. The van der Waals surface area contributed by atoms with E-state index in [2.05, 4.69) is 24.4 Å². The lowest BCUT2D eigenvalue weighted by molar-refractivity contribution is -0.142. The molecule has 2 N–H and O–H groups in total. The van der Waals surface area contributed by atoms with Crippen LogP contribution in [0, 0.1) is 5.92 Å². The molecule has 1 saturated carbocycles. The van der Waals surface area contributed by atoms with E-state index in [1.54, 1.807) is 0 Å². The highest BCUT2D eigenvalue weighted by atomic mass is 35.5. The monoisotopic (exact) mass is 269 g/mol. The van der Waals surface area contributed by atoms with Crippen LogP contribution in [0.25, 0.3) is 0 Å². The summed E-state index contributed by atoms with van der Waals surface area (Å²) >= 11 is 0. The van der Waals surface area contributed by atoms with Gasteiger partial charge in [-0.1, -0.05) is 36.8 Å². The van der Waals surface area contributed by atoms with E-state index in [1.807, 2.05) is 18.2 Å². The molecular weight excluding hydrogens is 250 g/mol. The van der Waals surface area contributed by atoms with Crippen LogP contribution in [-0.2, 0) is 4.79 Å². The van der Waals surface area contributed by atoms with Crippen LogP contribution in [0.2, 0.25) is 0 Å². The molecule has 3 atom stereocenters. The Morgan fingerprint density at radius 2 is 2.00 bits per heavy atom. The quantitative estimate of drug-likeness (QED) is 0.883. The lowest BCUT2D eigenvalue weighted by Gasteiger charge is -2.23. The Labute approximate surface area is 114 Å². The molecule has 0 aromatic heterocycles. The van der Waals surface area contributed by atoms with Crippen molar-refractivity contribution in [3.63, 3.8) is 0 Å². The summed E-state index contributed by atoms with van der Waals surface area (Å²) in [7, 11) is 0. The largest absolute Gasteiger partial charge is 0.481 e. The van der Waals surface area contributed by atoms with Crippen molar-refractivity contribution in [3.8, 4) is 0 Å². The average Bonchev–Trinajstić information content (AvgIpc) is 2.78. The summed E-state index contributed by atoms with van der Waals surface area (Å²) in [6, 6.07) is 10.5. The summed E-state index contributed by atoms with van der Waals surface area (Å²) in [5, 5.41) is 12.6. The van der Waals surface area contributed by atoms with Gasteiger partial charge in [0.2, 0.25) is 0 Å². The van der Waals surface area contributed by atoms with E-state index in [9.17, 15) is 4.79 Å². The van der Waals surface area contributed by atoms with Crippen molar-refractivity contribution in [1.29, 1.82) is 0 Å². The Hall–Kier alpha value is -1.06. The van der Waals surface area contributed by atoms with Crippen molar-refractivity contribution in [2.24, 2.45) is 5.92 Å². The van der Waals surface area contributed by atoms with Crippen LogP contribution >= 0.6 is 12.4 Å². The van der Waals surface area contributed by atoms with Crippen LogP contribution in [-0.4, -0.2) is 17.1 Å². The summed E-state index contributed by atoms with van der Waals surface area (Å²) < 4.78 is 0. The number of hydrogen-bond acceptors (Lipinski definition) is 2. The second-order valence-electron chi connectivity index (χ2n) is 4.78. The predicted octanol–water partition coefficient (Wildman–Crippen LogP) is 3.01. The fourth-order valence-electron chi connectivity index (χ4n) is 2.61. The van der Waals surface area contributed by atoms with E-state index in [0.717, 1.165) is 19.3 Å². The number of nitrogens with one attached hydrogen (secondary N) is 1. The lowest BCUT2D eigenvalue weighted by atomic mass is 10.0. The fourth-order valence-corrected chi connectivity index (χ4v) is 2.61. The lowest BCUT2D eigenvalue weighted by Crippen LogP contribution is -2.37. The third-order valence-electron chi connectivity index (χ3n) is 3.60. The molecule has 0 saturated heterocycles. The standard InChI is InChI=1S/C14H19NO2.ClH/c1-10(11-6-3-2-4-7-11)15-13-9-5-8-12(13)14(16)17;/h2-4,6-7,10,12-13,15H,5,8-9H2,1H3,(H,16,17);1H. The van der Waals surface area contributed by atoms with Crippen LogP contribution in [0.3, 0.4) is 0 Å². The van der Waals surface area contributed by atoms with Gasteiger partial charge in [0, 0.05) is 12.1 Å². The maximum atomic E-state index is 11.1.